The molecule has 1 aromatic carbocycles. The van der Waals surface area contributed by atoms with E-state index in [-0.39, 0.29) is 0 Å². The summed E-state index contributed by atoms with van der Waals surface area (Å²) < 4.78 is 27.3. The van der Waals surface area contributed by atoms with Gasteiger partial charge in [0.25, 0.3) is 10.2 Å². The number of benzene rings is 1. The molecule has 4 N–H and O–H groups in total. The number of thioether (sulfide) groups is 1. The summed E-state index contributed by atoms with van der Waals surface area (Å²) in [5.41, 5.74) is 6.53. The molecule has 0 aromatic heterocycles. The second kappa shape index (κ2) is 6.13. The van der Waals surface area contributed by atoms with Gasteiger partial charge >= 0.3 is 0 Å². The Balaban J connectivity index is 2.91. The molecule has 1 rings (SSSR count). The van der Waals surface area contributed by atoms with Gasteiger partial charge in [0, 0.05) is 11.9 Å². The van der Waals surface area contributed by atoms with Crippen LogP contribution in [0.3, 0.4) is 0 Å². The Morgan fingerprint density at radius 1 is 1.41 bits per heavy atom. The zero-order valence-electron chi connectivity index (χ0n) is 9.86. The first-order valence-corrected chi connectivity index (χ1v) is 7.69. The molecule has 1 aromatic rings. The van der Waals surface area contributed by atoms with E-state index < -0.39 is 10.2 Å². The minimum absolute atomic E-state index is 0.403. The van der Waals surface area contributed by atoms with Crippen LogP contribution in [0.5, 0.6) is 0 Å². The van der Waals surface area contributed by atoms with E-state index in [1.807, 2.05) is 6.07 Å². The second-order valence-electron chi connectivity index (χ2n) is 3.41. The van der Waals surface area contributed by atoms with Gasteiger partial charge in [-0.05, 0) is 30.4 Å². The molecule has 0 aliphatic heterocycles. The quantitative estimate of drug-likeness (QED) is 0.544. The summed E-state index contributed by atoms with van der Waals surface area (Å²) in [7, 11) is -2.18. The molecular weight excluding hydrogens is 258 g/mol. The van der Waals surface area contributed by atoms with Crippen molar-refractivity contribution in [3.05, 3.63) is 18.2 Å². The molecule has 0 spiro atoms. The first kappa shape index (κ1) is 14.1. The van der Waals surface area contributed by atoms with Crippen LogP contribution < -0.4 is 15.2 Å². The van der Waals surface area contributed by atoms with E-state index in [0.717, 1.165) is 17.1 Å². The third-order valence-electron chi connectivity index (χ3n) is 2.01. The summed E-state index contributed by atoms with van der Waals surface area (Å²) in [6, 6.07) is 5.32. The van der Waals surface area contributed by atoms with E-state index in [1.165, 1.54) is 7.05 Å². The van der Waals surface area contributed by atoms with Crippen molar-refractivity contribution in [3.8, 4) is 0 Å². The lowest BCUT2D eigenvalue weighted by atomic mass is 10.3. The Hall–Kier alpha value is -0.920. The lowest BCUT2D eigenvalue weighted by Crippen LogP contribution is -2.26. The predicted molar refractivity (Wildman–Crippen MR) is 73.5 cm³/mol. The zero-order chi connectivity index (χ0) is 12.9. The molecule has 0 saturated heterocycles. The molecular formula is C10H17N3O2S2. The smallest absolute Gasteiger partial charge is 0.298 e. The van der Waals surface area contributed by atoms with Gasteiger partial charge in [-0.2, -0.15) is 8.42 Å². The fourth-order valence-electron chi connectivity index (χ4n) is 1.13. The van der Waals surface area contributed by atoms with Crippen LogP contribution in [0.15, 0.2) is 23.1 Å². The largest absolute Gasteiger partial charge is 0.397 e. The summed E-state index contributed by atoms with van der Waals surface area (Å²) in [5, 5.41) is 0. The van der Waals surface area contributed by atoms with Crippen LogP contribution >= 0.6 is 11.8 Å². The monoisotopic (exact) mass is 275 g/mol. The van der Waals surface area contributed by atoms with Crippen molar-refractivity contribution in [3.63, 3.8) is 0 Å². The summed E-state index contributed by atoms with van der Waals surface area (Å²) >= 11 is 1.67. The number of anilines is 2. The maximum Gasteiger partial charge on any atom is 0.298 e. The average molecular weight is 275 g/mol. The standard InChI is InChI=1S/C10H17N3O2S2/c1-3-6-16-8-4-5-9(11)10(7-8)13-17(14,15)12-2/h4-5,7,12-13H,3,6,11H2,1-2H3. The molecule has 0 saturated carbocycles. The predicted octanol–water partition coefficient (Wildman–Crippen LogP) is 1.65. The molecule has 0 amide bonds. The van der Waals surface area contributed by atoms with Gasteiger partial charge in [-0.3, -0.25) is 4.72 Å². The van der Waals surface area contributed by atoms with Crippen molar-refractivity contribution in [1.82, 2.24) is 4.72 Å². The summed E-state index contributed by atoms with van der Waals surface area (Å²) in [4.78, 5) is 0.995. The first-order valence-electron chi connectivity index (χ1n) is 5.22. The number of nitrogen functional groups attached to an aromatic ring is 1. The number of nitrogens with one attached hydrogen (secondary N) is 2. The molecule has 0 aliphatic rings. The lowest BCUT2D eigenvalue weighted by molar-refractivity contribution is 0.593. The summed E-state index contributed by atoms with van der Waals surface area (Å²) in [5.74, 6) is 0.988. The normalized spacial score (nSPS) is 11.4. The molecule has 96 valence electrons. The second-order valence-corrected chi connectivity index (χ2v) is 6.19. The zero-order valence-corrected chi connectivity index (χ0v) is 11.5. The van der Waals surface area contributed by atoms with Crippen molar-refractivity contribution in [2.45, 2.75) is 18.2 Å². The molecule has 0 atom stereocenters. The van der Waals surface area contributed by atoms with Crippen molar-refractivity contribution in [1.29, 1.82) is 0 Å². The number of nitrogens with two attached hydrogens (primary N) is 1. The van der Waals surface area contributed by atoms with E-state index in [1.54, 1.807) is 23.9 Å². The maximum absolute atomic E-state index is 11.4. The van der Waals surface area contributed by atoms with Gasteiger partial charge in [0.05, 0.1) is 11.4 Å². The van der Waals surface area contributed by atoms with Crippen LogP contribution in [-0.4, -0.2) is 21.2 Å². The number of hydrogen-bond acceptors (Lipinski definition) is 4. The van der Waals surface area contributed by atoms with Gasteiger partial charge in [0.1, 0.15) is 0 Å². The fraction of sp³-hybridized carbons (Fsp3) is 0.400. The fourth-order valence-corrected chi connectivity index (χ4v) is 2.50. The Morgan fingerprint density at radius 2 is 2.12 bits per heavy atom. The lowest BCUT2D eigenvalue weighted by Gasteiger charge is -2.10. The van der Waals surface area contributed by atoms with Crippen LogP contribution in [-0.2, 0) is 10.2 Å². The number of hydrogen-bond donors (Lipinski definition) is 3. The highest BCUT2D eigenvalue weighted by Gasteiger charge is 2.09. The van der Waals surface area contributed by atoms with Gasteiger partial charge in [0.2, 0.25) is 0 Å². The molecule has 7 heteroatoms. The van der Waals surface area contributed by atoms with Gasteiger partial charge in [-0.1, -0.05) is 6.92 Å². The summed E-state index contributed by atoms with van der Waals surface area (Å²) in [6.45, 7) is 2.09. The van der Waals surface area contributed by atoms with E-state index in [9.17, 15) is 8.42 Å². The van der Waals surface area contributed by atoms with Crippen molar-refractivity contribution in [2.24, 2.45) is 0 Å². The van der Waals surface area contributed by atoms with E-state index in [0.29, 0.717) is 11.4 Å². The van der Waals surface area contributed by atoms with Crippen LogP contribution in [0.25, 0.3) is 0 Å². The van der Waals surface area contributed by atoms with Crippen LogP contribution in [0.4, 0.5) is 11.4 Å². The topological polar surface area (TPSA) is 84.2 Å². The molecule has 0 aliphatic carbocycles. The third kappa shape index (κ3) is 4.45. The molecule has 0 heterocycles. The molecule has 0 unspecified atom stereocenters. The van der Waals surface area contributed by atoms with Crippen LogP contribution in [0, 0.1) is 0 Å². The average Bonchev–Trinajstić information content (AvgIpc) is 2.30. The van der Waals surface area contributed by atoms with E-state index in [2.05, 4.69) is 16.4 Å². The molecule has 17 heavy (non-hydrogen) atoms. The highest BCUT2D eigenvalue weighted by molar-refractivity contribution is 7.99. The van der Waals surface area contributed by atoms with Gasteiger partial charge in [0.15, 0.2) is 0 Å². The van der Waals surface area contributed by atoms with Gasteiger partial charge < -0.3 is 5.73 Å². The minimum Gasteiger partial charge on any atom is -0.397 e. The molecule has 0 radical (unpaired) electrons. The number of rotatable bonds is 6. The van der Waals surface area contributed by atoms with E-state index in [4.69, 9.17) is 5.73 Å². The van der Waals surface area contributed by atoms with Crippen molar-refractivity contribution in [2.75, 3.05) is 23.3 Å². The van der Waals surface area contributed by atoms with Crippen molar-refractivity contribution < 1.29 is 8.42 Å². The van der Waals surface area contributed by atoms with Gasteiger partial charge in [-0.25, -0.2) is 4.72 Å². The van der Waals surface area contributed by atoms with Crippen LogP contribution in [0.1, 0.15) is 13.3 Å². The molecule has 0 fully saturated rings. The first-order chi connectivity index (χ1) is 7.98. The summed E-state index contributed by atoms with van der Waals surface area (Å²) in [6.07, 6.45) is 1.06. The Bertz CT molecular complexity index is 474. The van der Waals surface area contributed by atoms with Crippen molar-refractivity contribution >= 4 is 33.3 Å². The highest BCUT2D eigenvalue weighted by atomic mass is 32.2. The van der Waals surface area contributed by atoms with Gasteiger partial charge in [-0.15, -0.1) is 11.8 Å². The molecule has 0 bridgehead atoms. The van der Waals surface area contributed by atoms with Crippen LogP contribution in [0.2, 0.25) is 0 Å². The third-order valence-corrected chi connectivity index (χ3v) is 4.24. The highest BCUT2D eigenvalue weighted by Crippen LogP contribution is 2.27. The minimum atomic E-state index is -3.52. The maximum atomic E-state index is 11.4. The SMILES string of the molecule is CCCSc1ccc(N)c(NS(=O)(=O)NC)c1. The Morgan fingerprint density at radius 3 is 2.71 bits per heavy atom. The molecule has 5 nitrogen and oxygen atoms in total. The Kier molecular flexibility index (Phi) is 5.10. The van der Waals surface area contributed by atoms with E-state index >= 15 is 0 Å². The Labute approximate surface area is 106 Å².